The number of alkyl halides is 3. The molecule has 0 aliphatic carbocycles. The Balaban J connectivity index is 2.26. The predicted molar refractivity (Wildman–Crippen MR) is 88.8 cm³/mol. The van der Waals surface area contributed by atoms with E-state index in [1.165, 1.54) is 6.07 Å². The number of piperidine rings is 1. The van der Waals surface area contributed by atoms with Crippen molar-refractivity contribution in [1.82, 2.24) is 4.90 Å². The van der Waals surface area contributed by atoms with Crippen LogP contribution in [0.1, 0.15) is 50.7 Å². The third-order valence-corrected chi connectivity index (χ3v) is 4.93. The maximum absolute atomic E-state index is 14.0. The number of likely N-dealkylation sites (tertiary alicyclic amines) is 1. The molecular weight excluding hydrogens is 334 g/mol. The van der Waals surface area contributed by atoms with Crippen molar-refractivity contribution in [2.45, 2.75) is 45.7 Å². The van der Waals surface area contributed by atoms with Crippen molar-refractivity contribution >= 4 is 5.78 Å². The number of Topliss-reactive ketones (excluding diaryl/α,β-unsaturated/α-hetero) is 1. The molecule has 1 fully saturated rings. The van der Waals surface area contributed by atoms with E-state index in [0.29, 0.717) is 18.0 Å². The highest BCUT2D eigenvalue weighted by Gasteiger charge is 2.35. The summed E-state index contributed by atoms with van der Waals surface area (Å²) in [7, 11) is 0. The summed E-state index contributed by atoms with van der Waals surface area (Å²) in [5, 5.41) is 0. The molecule has 1 aromatic carbocycles. The van der Waals surface area contributed by atoms with E-state index in [4.69, 9.17) is 0 Å². The third kappa shape index (κ3) is 5.03. The van der Waals surface area contributed by atoms with Gasteiger partial charge < -0.3 is 4.90 Å². The van der Waals surface area contributed by atoms with Crippen LogP contribution in [-0.4, -0.2) is 30.3 Å². The normalized spacial score (nSPS) is 18.6. The molecule has 25 heavy (non-hydrogen) atoms. The molecule has 1 aliphatic heterocycles. The van der Waals surface area contributed by atoms with Crippen molar-refractivity contribution in [2.75, 3.05) is 19.6 Å². The Kier molecular flexibility index (Phi) is 6.25. The first kappa shape index (κ1) is 19.9. The standard InChI is InChI=1S/C19H25F4NO/c1-12(2)18(25)15(11-24-8-6-13(3)7-9-24)14-4-5-16(17(20)10-14)19(21,22)23/h4-5,10,12-13,15H,6-9,11H2,1-3H3/t15-/m1/s1. The van der Waals surface area contributed by atoms with Gasteiger partial charge in [-0.15, -0.1) is 0 Å². The van der Waals surface area contributed by atoms with Gasteiger partial charge in [0.05, 0.1) is 11.5 Å². The molecule has 140 valence electrons. The van der Waals surface area contributed by atoms with Crippen LogP contribution in [0, 0.1) is 17.7 Å². The number of hydrogen-bond acceptors (Lipinski definition) is 2. The van der Waals surface area contributed by atoms with Gasteiger partial charge in [0.15, 0.2) is 0 Å². The Hall–Kier alpha value is -1.43. The quantitative estimate of drug-likeness (QED) is 0.698. The van der Waals surface area contributed by atoms with E-state index in [1.54, 1.807) is 13.8 Å². The van der Waals surface area contributed by atoms with E-state index in [2.05, 4.69) is 11.8 Å². The SMILES string of the molecule is CC1CCN(C[C@@H](C(=O)C(C)C)c2ccc(C(F)(F)F)c(F)c2)CC1. The summed E-state index contributed by atoms with van der Waals surface area (Å²) < 4.78 is 52.2. The van der Waals surface area contributed by atoms with Crippen molar-refractivity contribution < 1.29 is 22.4 Å². The minimum Gasteiger partial charge on any atom is -0.302 e. The molecule has 1 aromatic rings. The van der Waals surface area contributed by atoms with Crippen LogP contribution in [0.2, 0.25) is 0 Å². The molecule has 0 aromatic heterocycles. The second-order valence-electron chi connectivity index (χ2n) is 7.33. The first-order valence-corrected chi connectivity index (χ1v) is 8.72. The maximum Gasteiger partial charge on any atom is 0.419 e. The van der Waals surface area contributed by atoms with Crippen molar-refractivity contribution in [3.63, 3.8) is 0 Å². The van der Waals surface area contributed by atoms with Crippen molar-refractivity contribution in [2.24, 2.45) is 11.8 Å². The maximum atomic E-state index is 14.0. The zero-order valence-corrected chi connectivity index (χ0v) is 14.9. The molecule has 1 heterocycles. The highest BCUT2D eigenvalue weighted by atomic mass is 19.4. The van der Waals surface area contributed by atoms with Gasteiger partial charge in [0, 0.05) is 12.5 Å². The van der Waals surface area contributed by atoms with E-state index in [1.807, 2.05) is 0 Å². The summed E-state index contributed by atoms with van der Waals surface area (Å²) >= 11 is 0. The van der Waals surface area contributed by atoms with Crippen LogP contribution in [-0.2, 0) is 11.0 Å². The number of hydrogen-bond donors (Lipinski definition) is 0. The largest absolute Gasteiger partial charge is 0.419 e. The second-order valence-corrected chi connectivity index (χ2v) is 7.33. The average molecular weight is 359 g/mol. The minimum absolute atomic E-state index is 0.0715. The van der Waals surface area contributed by atoms with Gasteiger partial charge in [-0.1, -0.05) is 26.8 Å². The molecule has 0 bridgehead atoms. The fraction of sp³-hybridized carbons (Fsp3) is 0.632. The molecule has 1 atom stereocenters. The number of halogens is 4. The lowest BCUT2D eigenvalue weighted by Crippen LogP contribution is -2.38. The Morgan fingerprint density at radius 2 is 1.84 bits per heavy atom. The van der Waals surface area contributed by atoms with Crippen LogP contribution in [0.4, 0.5) is 17.6 Å². The summed E-state index contributed by atoms with van der Waals surface area (Å²) in [4.78, 5) is 14.8. The molecule has 2 rings (SSSR count). The predicted octanol–water partition coefficient (Wildman–Crippen LogP) is 4.89. The van der Waals surface area contributed by atoms with Gasteiger partial charge in [-0.25, -0.2) is 4.39 Å². The molecule has 1 saturated heterocycles. The average Bonchev–Trinajstić information content (AvgIpc) is 2.52. The lowest BCUT2D eigenvalue weighted by molar-refractivity contribution is -0.140. The van der Waals surface area contributed by atoms with Crippen LogP contribution >= 0.6 is 0 Å². The topological polar surface area (TPSA) is 20.3 Å². The first-order chi connectivity index (χ1) is 11.6. The molecule has 1 aliphatic rings. The Labute approximate surface area is 146 Å². The molecule has 0 unspecified atom stereocenters. The molecule has 0 N–H and O–H groups in total. The molecule has 0 saturated carbocycles. The second kappa shape index (κ2) is 7.85. The lowest BCUT2D eigenvalue weighted by atomic mass is 9.87. The van der Waals surface area contributed by atoms with Crippen LogP contribution < -0.4 is 0 Å². The van der Waals surface area contributed by atoms with Crippen LogP contribution in [0.5, 0.6) is 0 Å². The summed E-state index contributed by atoms with van der Waals surface area (Å²) in [6.45, 7) is 7.83. The highest BCUT2D eigenvalue weighted by Crippen LogP contribution is 2.33. The molecular formula is C19H25F4NO. The number of nitrogens with zero attached hydrogens (tertiary/aromatic N) is 1. The van der Waals surface area contributed by atoms with Crippen molar-refractivity contribution in [3.8, 4) is 0 Å². The number of benzene rings is 1. The van der Waals surface area contributed by atoms with Gasteiger partial charge >= 0.3 is 6.18 Å². The molecule has 0 spiro atoms. The summed E-state index contributed by atoms with van der Waals surface area (Å²) in [6.07, 6.45) is -2.67. The van der Waals surface area contributed by atoms with E-state index in [0.717, 1.165) is 38.1 Å². The lowest BCUT2D eigenvalue weighted by Gasteiger charge is -2.33. The summed E-state index contributed by atoms with van der Waals surface area (Å²) in [5.41, 5.74) is -0.971. The fourth-order valence-electron chi connectivity index (χ4n) is 3.24. The van der Waals surface area contributed by atoms with Gasteiger partial charge in [-0.05, 0) is 49.5 Å². The Morgan fingerprint density at radius 1 is 1.24 bits per heavy atom. The fourth-order valence-corrected chi connectivity index (χ4v) is 3.24. The van der Waals surface area contributed by atoms with Gasteiger partial charge in [-0.2, -0.15) is 13.2 Å². The van der Waals surface area contributed by atoms with Crippen LogP contribution in [0.25, 0.3) is 0 Å². The number of carbonyl (C=O) groups is 1. The highest BCUT2D eigenvalue weighted by molar-refractivity contribution is 5.87. The van der Waals surface area contributed by atoms with Crippen molar-refractivity contribution in [3.05, 3.63) is 35.1 Å². The number of carbonyl (C=O) groups excluding carboxylic acids is 1. The zero-order chi connectivity index (χ0) is 18.8. The molecule has 0 amide bonds. The van der Waals surface area contributed by atoms with E-state index in [9.17, 15) is 22.4 Å². The summed E-state index contributed by atoms with van der Waals surface area (Å²) in [5.74, 6) is -1.63. The Bertz CT molecular complexity index is 604. The van der Waals surface area contributed by atoms with E-state index >= 15 is 0 Å². The van der Waals surface area contributed by atoms with Crippen LogP contribution in [0.15, 0.2) is 18.2 Å². The Morgan fingerprint density at radius 3 is 2.32 bits per heavy atom. The third-order valence-electron chi connectivity index (χ3n) is 4.93. The van der Waals surface area contributed by atoms with Gasteiger partial charge in [0.1, 0.15) is 11.6 Å². The first-order valence-electron chi connectivity index (χ1n) is 8.72. The molecule has 0 radical (unpaired) electrons. The number of rotatable bonds is 5. The van der Waals surface area contributed by atoms with E-state index in [-0.39, 0.29) is 11.7 Å². The molecule has 2 nitrogen and oxygen atoms in total. The molecule has 6 heteroatoms. The van der Waals surface area contributed by atoms with Gasteiger partial charge in [0.2, 0.25) is 0 Å². The minimum atomic E-state index is -4.73. The van der Waals surface area contributed by atoms with Gasteiger partial charge in [0.25, 0.3) is 0 Å². The van der Waals surface area contributed by atoms with Crippen LogP contribution in [0.3, 0.4) is 0 Å². The smallest absolute Gasteiger partial charge is 0.302 e. The summed E-state index contributed by atoms with van der Waals surface area (Å²) in [6, 6.07) is 2.85. The van der Waals surface area contributed by atoms with E-state index < -0.39 is 23.5 Å². The number of ketones is 1. The zero-order valence-electron chi connectivity index (χ0n) is 14.9. The monoisotopic (exact) mass is 359 g/mol. The van der Waals surface area contributed by atoms with Gasteiger partial charge in [-0.3, -0.25) is 4.79 Å². The van der Waals surface area contributed by atoms with Crippen molar-refractivity contribution in [1.29, 1.82) is 0 Å².